The summed E-state index contributed by atoms with van der Waals surface area (Å²) in [4.78, 5) is 12.1. The zero-order chi connectivity index (χ0) is 13.9. The molecule has 0 amide bonds. The Balaban J connectivity index is 1.67. The summed E-state index contributed by atoms with van der Waals surface area (Å²) < 4.78 is 5.49. The molecule has 0 saturated carbocycles. The predicted molar refractivity (Wildman–Crippen MR) is 79.7 cm³/mol. The predicted octanol–water partition coefficient (Wildman–Crippen LogP) is 4.09. The van der Waals surface area contributed by atoms with Gasteiger partial charge >= 0.3 is 0 Å². The molecule has 0 unspecified atom stereocenters. The molecule has 0 bridgehead atoms. The molecule has 0 aromatic heterocycles. The molecule has 20 heavy (non-hydrogen) atoms. The van der Waals surface area contributed by atoms with Gasteiger partial charge in [-0.1, -0.05) is 29.8 Å². The Morgan fingerprint density at radius 1 is 1.10 bits per heavy atom. The number of benzene rings is 2. The number of Topliss-reactive ketones (excluding diaryl/α,β-unsaturated/α-hetero) is 1. The second-order valence-electron chi connectivity index (χ2n) is 5.01. The molecular formula is C17H15ClO2. The topological polar surface area (TPSA) is 26.3 Å². The van der Waals surface area contributed by atoms with Gasteiger partial charge in [0, 0.05) is 10.6 Å². The van der Waals surface area contributed by atoms with E-state index >= 15 is 0 Å². The van der Waals surface area contributed by atoms with Gasteiger partial charge in [0.15, 0.2) is 12.4 Å². The Bertz CT molecular complexity index is 649. The number of carbonyl (C=O) groups excluding carboxylic acids is 1. The van der Waals surface area contributed by atoms with E-state index in [1.54, 1.807) is 24.3 Å². The monoisotopic (exact) mass is 286 g/mol. The van der Waals surface area contributed by atoms with Gasteiger partial charge in [0.2, 0.25) is 0 Å². The first-order valence-electron chi connectivity index (χ1n) is 6.76. The van der Waals surface area contributed by atoms with Gasteiger partial charge in [0.25, 0.3) is 0 Å². The molecule has 0 spiro atoms. The van der Waals surface area contributed by atoms with Crippen molar-refractivity contribution in [1.82, 2.24) is 0 Å². The van der Waals surface area contributed by atoms with E-state index in [4.69, 9.17) is 16.3 Å². The molecule has 2 aromatic rings. The molecule has 0 aliphatic heterocycles. The largest absolute Gasteiger partial charge is 0.485 e. The third-order valence-electron chi connectivity index (χ3n) is 3.59. The first-order chi connectivity index (χ1) is 9.72. The number of fused-ring (bicyclic) bond motifs is 1. The first-order valence-corrected chi connectivity index (χ1v) is 7.13. The van der Waals surface area contributed by atoms with Gasteiger partial charge in [-0.15, -0.1) is 0 Å². The van der Waals surface area contributed by atoms with E-state index in [1.165, 1.54) is 17.5 Å². The summed E-state index contributed by atoms with van der Waals surface area (Å²) in [6, 6.07) is 13.0. The van der Waals surface area contributed by atoms with Crippen LogP contribution in [0.1, 0.15) is 27.9 Å². The summed E-state index contributed by atoms with van der Waals surface area (Å²) in [6.07, 6.45) is 3.39. The summed E-state index contributed by atoms with van der Waals surface area (Å²) in [7, 11) is 0. The maximum Gasteiger partial charge on any atom is 0.200 e. The molecule has 0 heterocycles. The van der Waals surface area contributed by atoms with E-state index in [9.17, 15) is 4.79 Å². The average Bonchev–Trinajstić information content (AvgIpc) is 2.92. The molecule has 0 N–H and O–H groups in total. The number of hydrogen-bond donors (Lipinski definition) is 0. The summed E-state index contributed by atoms with van der Waals surface area (Å²) in [6.45, 7) is 0.0408. The van der Waals surface area contributed by atoms with E-state index in [-0.39, 0.29) is 12.4 Å². The van der Waals surface area contributed by atoms with Crippen LogP contribution in [-0.4, -0.2) is 12.4 Å². The van der Waals surface area contributed by atoms with Crippen LogP contribution in [0, 0.1) is 0 Å². The second-order valence-corrected chi connectivity index (χ2v) is 5.44. The molecule has 1 aliphatic carbocycles. The van der Waals surface area contributed by atoms with Crippen molar-refractivity contribution in [3.63, 3.8) is 0 Å². The van der Waals surface area contributed by atoms with Gasteiger partial charge in [0.05, 0.1) is 0 Å². The highest BCUT2D eigenvalue weighted by atomic mass is 35.5. The third-order valence-corrected chi connectivity index (χ3v) is 3.82. The summed E-state index contributed by atoms with van der Waals surface area (Å²) in [5, 5.41) is 0.604. The fraction of sp³-hybridized carbons (Fsp3) is 0.235. The number of hydrogen-bond acceptors (Lipinski definition) is 2. The molecule has 2 nitrogen and oxygen atoms in total. The smallest absolute Gasteiger partial charge is 0.200 e. The zero-order valence-electron chi connectivity index (χ0n) is 11.1. The van der Waals surface area contributed by atoms with Crippen LogP contribution >= 0.6 is 11.6 Å². The van der Waals surface area contributed by atoms with Crippen LogP contribution in [0.3, 0.4) is 0 Å². The SMILES string of the molecule is O=C(COc1cccc(Cl)c1)c1ccc2c(c1)CCC2. The maximum atomic E-state index is 12.1. The lowest BCUT2D eigenvalue weighted by Crippen LogP contribution is -2.12. The fourth-order valence-electron chi connectivity index (χ4n) is 2.53. The average molecular weight is 287 g/mol. The molecule has 0 fully saturated rings. The number of ether oxygens (including phenoxy) is 1. The Morgan fingerprint density at radius 2 is 1.95 bits per heavy atom. The number of rotatable bonds is 4. The molecule has 0 atom stereocenters. The van der Waals surface area contributed by atoms with E-state index in [1.807, 2.05) is 12.1 Å². The Kier molecular flexibility index (Phi) is 3.75. The van der Waals surface area contributed by atoms with Crippen LogP contribution in [0.15, 0.2) is 42.5 Å². The van der Waals surface area contributed by atoms with Crippen molar-refractivity contribution in [2.45, 2.75) is 19.3 Å². The van der Waals surface area contributed by atoms with Crippen LogP contribution in [0.5, 0.6) is 5.75 Å². The Labute approximate surface area is 123 Å². The summed E-state index contributed by atoms with van der Waals surface area (Å²) in [5.74, 6) is 0.617. The van der Waals surface area contributed by atoms with Crippen molar-refractivity contribution in [3.05, 3.63) is 64.2 Å². The highest BCUT2D eigenvalue weighted by Gasteiger charge is 2.14. The lowest BCUT2D eigenvalue weighted by molar-refractivity contribution is 0.0921. The standard InChI is InChI=1S/C17H15ClO2/c18-15-5-2-6-16(10-15)20-11-17(19)14-8-7-12-3-1-4-13(12)9-14/h2,5-10H,1,3-4,11H2. The van der Waals surface area contributed by atoms with Gasteiger partial charge in [-0.3, -0.25) is 4.79 Å². The minimum atomic E-state index is -0.000300. The van der Waals surface area contributed by atoms with Gasteiger partial charge in [-0.05, 0) is 54.7 Å². The molecule has 3 heteroatoms. The van der Waals surface area contributed by atoms with Gasteiger partial charge in [0.1, 0.15) is 5.75 Å². The molecule has 0 saturated heterocycles. The van der Waals surface area contributed by atoms with Crippen LogP contribution < -0.4 is 4.74 Å². The molecule has 1 aliphatic rings. The highest BCUT2D eigenvalue weighted by molar-refractivity contribution is 6.30. The number of aryl methyl sites for hydroxylation is 2. The maximum absolute atomic E-state index is 12.1. The summed E-state index contributed by atoms with van der Waals surface area (Å²) >= 11 is 5.88. The van der Waals surface area contributed by atoms with Crippen LogP contribution in [0.2, 0.25) is 5.02 Å². The summed E-state index contributed by atoms with van der Waals surface area (Å²) in [5.41, 5.74) is 3.41. The van der Waals surface area contributed by atoms with Crippen LogP contribution in [0.25, 0.3) is 0 Å². The first kappa shape index (κ1) is 13.2. The lowest BCUT2D eigenvalue weighted by atomic mass is 10.0. The van der Waals surface area contributed by atoms with Gasteiger partial charge < -0.3 is 4.74 Å². The van der Waals surface area contributed by atoms with Crippen molar-refractivity contribution in [2.75, 3.05) is 6.61 Å². The van der Waals surface area contributed by atoms with Crippen molar-refractivity contribution in [2.24, 2.45) is 0 Å². The molecule has 0 radical (unpaired) electrons. The lowest BCUT2D eigenvalue weighted by Gasteiger charge is -2.07. The molecule has 102 valence electrons. The minimum Gasteiger partial charge on any atom is -0.485 e. The third kappa shape index (κ3) is 2.86. The number of ketones is 1. The number of halogens is 1. The second kappa shape index (κ2) is 5.68. The van der Waals surface area contributed by atoms with Crippen molar-refractivity contribution in [3.8, 4) is 5.75 Å². The van der Waals surface area contributed by atoms with Crippen LogP contribution in [0.4, 0.5) is 0 Å². The van der Waals surface area contributed by atoms with E-state index in [2.05, 4.69) is 6.07 Å². The highest BCUT2D eigenvalue weighted by Crippen LogP contribution is 2.23. The quantitative estimate of drug-likeness (QED) is 0.791. The van der Waals surface area contributed by atoms with E-state index in [0.29, 0.717) is 10.8 Å². The van der Waals surface area contributed by atoms with E-state index in [0.717, 1.165) is 18.4 Å². The van der Waals surface area contributed by atoms with Crippen molar-refractivity contribution < 1.29 is 9.53 Å². The molecular weight excluding hydrogens is 272 g/mol. The Hall–Kier alpha value is -1.80. The van der Waals surface area contributed by atoms with Crippen LogP contribution in [-0.2, 0) is 12.8 Å². The Morgan fingerprint density at radius 3 is 2.80 bits per heavy atom. The normalized spacial score (nSPS) is 13.1. The molecule has 3 rings (SSSR count). The van der Waals surface area contributed by atoms with E-state index < -0.39 is 0 Å². The van der Waals surface area contributed by atoms with Crippen molar-refractivity contribution >= 4 is 17.4 Å². The van der Waals surface area contributed by atoms with Crippen molar-refractivity contribution in [1.29, 1.82) is 0 Å². The zero-order valence-corrected chi connectivity index (χ0v) is 11.8. The number of carbonyl (C=O) groups is 1. The molecule has 2 aromatic carbocycles. The van der Waals surface area contributed by atoms with Gasteiger partial charge in [-0.25, -0.2) is 0 Å². The van der Waals surface area contributed by atoms with Gasteiger partial charge in [-0.2, -0.15) is 0 Å². The fourth-order valence-corrected chi connectivity index (χ4v) is 2.71. The minimum absolute atomic E-state index is 0.000300.